The molecule has 0 aromatic carbocycles. The van der Waals surface area contributed by atoms with Crippen LogP contribution in [-0.2, 0) is 16.0 Å². The minimum atomic E-state index is -0.794. The van der Waals surface area contributed by atoms with Gasteiger partial charge in [-0.15, -0.1) is 11.8 Å². The van der Waals surface area contributed by atoms with Crippen LogP contribution in [0.4, 0.5) is 0 Å². The van der Waals surface area contributed by atoms with E-state index in [2.05, 4.69) is 10.1 Å². The quantitative estimate of drug-likeness (QED) is 0.874. The van der Waals surface area contributed by atoms with Crippen molar-refractivity contribution in [1.29, 1.82) is 0 Å². The van der Waals surface area contributed by atoms with E-state index in [1.54, 1.807) is 0 Å². The summed E-state index contributed by atoms with van der Waals surface area (Å²) in [6, 6.07) is 0. The summed E-state index contributed by atoms with van der Waals surface area (Å²) >= 11 is 1.32. The van der Waals surface area contributed by atoms with Crippen LogP contribution in [0.15, 0.2) is 4.52 Å². The van der Waals surface area contributed by atoms with Gasteiger partial charge in [0.25, 0.3) is 0 Å². The highest BCUT2D eigenvalue weighted by molar-refractivity contribution is 7.99. The predicted molar refractivity (Wildman–Crippen MR) is 66.0 cm³/mol. The number of rotatable bonds is 5. The SMILES string of the molecule is CCC(SCc1noc(C(C)(C)C)n1)C(=O)O. The maximum Gasteiger partial charge on any atom is 0.316 e. The molecule has 1 N–H and O–H groups in total. The van der Waals surface area contributed by atoms with E-state index in [9.17, 15) is 4.79 Å². The Hall–Kier alpha value is -1.04. The van der Waals surface area contributed by atoms with Gasteiger partial charge in [0.15, 0.2) is 5.82 Å². The molecule has 17 heavy (non-hydrogen) atoms. The highest BCUT2D eigenvalue weighted by atomic mass is 32.2. The number of carbonyl (C=O) groups is 1. The summed E-state index contributed by atoms with van der Waals surface area (Å²) in [5.74, 6) is 0.804. The van der Waals surface area contributed by atoms with Crippen molar-refractivity contribution in [3.05, 3.63) is 11.7 Å². The summed E-state index contributed by atoms with van der Waals surface area (Å²) in [5, 5.41) is 12.3. The van der Waals surface area contributed by atoms with Gasteiger partial charge in [-0.1, -0.05) is 32.9 Å². The van der Waals surface area contributed by atoms with Crippen LogP contribution < -0.4 is 0 Å². The Morgan fingerprint density at radius 1 is 1.53 bits per heavy atom. The van der Waals surface area contributed by atoms with E-state index in [4.69, 9.17) is 9.63 Å². The molecule has 0 bridgehead atoms. The van der Waals surface area contributed by atoms with Crippen molar-refractivity contribution < 1.29 is 14.4 Å². The van der Waals surface area contributed by atoms with Gasteiger partial charge in [-0.25, -0.2) is 0 Å². The van der Waals surface area contributed by atoms with Crippen molar-refractivity contribution in [2.75, 3.05) is 0 Å². The number of hydrogen-bond acceptors (Lipinski definition) is 5. The smallest absolute Gasteiger partial charge is 0.316 e. The molecule has 0 aliphatic rings. The molecule has 96 valence electrons. The van der Waals surface area contributed by atoms with Gasteiger partial charge in [0.2, 0.25) is 5.89 Å². The van der Waals surface area contributed by atoms with Gasteiger partial charge in [-0.05, 0) is 6.42 Å². The van der Waals surface area contributed by atoms with E-state index in [0.717, 1.165) is 0 Å². The van der Waals surface area contributed by atoms with Crippen LogP contribution in [0.2, 0.25) is 0 Å². The van der Waals surface area contributed by atoms with E-state index in [-0.39, 0.29) is 5.41 Å². The third kappa shape index (κ3) is 4.03. The second-order valence-electron chi connectivity index (χ2n) is 4.81. The van der Waals surface area contributed by atoms with Gasteiger partial charge in [-0.2, -0.15) is 4.98 Å². The first-order valence-electron chi connectivity index (χ1n) is 5.52. The van der Waals surface area contributed by atoms with E-state index in [0.29, 0.717) is 23.9 Å². The fourth-order valence-electron chi connectivity index (χ4n) is 1.16. The summed E-state index contributed by atoms with van der Waals surface area (Å²) < 4.78 is 5.13. The summed E-state index contributed by atoms with van der Waals surface area (Å²) in [5.41, 5.74) is -0.174. The van der Waals surface area contributed by atoms with E-state index in [1.165, 1.54) is 11.8 Å². The van der Waals surface area contributed by atoms with E-state index >= 15 is 0 Å². The Morgan fingerprint density at radius 2 is 2.18 bits per heavy atom. The average molecular weight is 258 g/mol. The molecule has 0 saturated carbocycles. The molecular formula is C11H18N2O3S. The number of nitrogens with zero attached hydrogens (tertiary/aromatic N) is 2. The third-order valence-corrected chi connectivity index (χ3v) is 3.53. The van der Waals surface area contributed by atoms with Crippen LogP contribution in [0.25, 0.3) is 0 Å². The maximum absolute atomic E-state index is 10.8. The zero-order valence-electron chi connectivity index (χ0n) is 10.6. The lowest BCUT2D eigenvalue weighted by molar-refractivity contribution is -0.136. The Kier molecular flexibility index (Phi) is 4.56. The van der Waals surface area contributed by atoms with Gasteiger partial charge in [0.05, 0.1) is 5.75 Å². The molecule has 1 atom stereocenters. The van der Waals surface area contributed by atoms with Crippen LogP contribution in [0.3, 0.4) is 0 Å². The minimum absolute atomic E-state index is 0.174. The van der Waals surface area contributed by atoms with Crippen molar-refractivity contribution >= 4 is 17.7 Å². The number of carboxylic acid groups (broad SMARTS) is 1. The number of hydrogen-bond donors (Lipinski definition) is 1. The molecule has 1 unspecified atom stereocenters. The maximum atomic E-state index is 10.8. The molecule has 6 heteroatoms. The molecule has 0 amide bonds. The summed E-state index contributed by atoms with van der Waals surface area (Å²) in [6.07, 6.45) is 0.587. The highest BCUT2D eigenvalue weighted by Gasteiger charge is 2.22. The van der Waals surface area contributed by atoms with Crippen LogP contribution in [0, 0.1) is 0 Å². The Labute approximate surface area is 105 Å². The average Bonchev–Trinajstić information content (AvgIpc) is 2.66. The Balaban J connectivity index is 2.58. The number of carboxylic acids is 1. The minimum Gasteiger partial charge on any atom is -0.480 e. The van der Waals surface area contributed by atoms with Crippen LogP contribution in [-0.4, -0.2) is 26.5 Å². The molecule has 5 nitrogen and oxygen atoms in total. The first kappa shape index (κ1) is 14.0. The third-order valence-electron chi connectivity index (χ3n) is 2.17. The van der Waals surface area contributed by atoms with E-state index in [1.807, 2.05) is 27.7 Å². The first-order valence-corrected chi connectivity index (χ1v) is 6.57. The summed E-state index contributed by atoms with van der Waals surface area (Å²) in [4.78, 5) is 15.1. The molecule has 0 aliphatic heterocycles. The first-order chi connectivity index (χ1) is 7.84. The van der Waals surface area contributed by atoms with Gasteiger partial charge < -0.3 is 9.63 Å². The van der Waals surface area contributed by atoms with Gasteiger partial charge in [0.1, 0.15) is 5.25 Å². The Bertz CT molecular complexity index is 384. The summed E-state index contributed by atoms with van der Waals surface area (Å²) in [7, 11) is 0. The molecule has 0 radical (unpaired) electrons. The fourth-order valence-corrected chi connectivity index (χ4v) is 2.00. The summed E-state index contributed by atoms with van der Waals surface area (Å²) in [6.45, 7) is 7.82. The van der Waals surface area contributed by atoms with Gasteiger partial charge in [-0.3, -0.25) is 4.79 Å². The van der Waals surface area contributed by atoms with E-state index < -0.39 is 11.2 Å². The zero-order chi connectivity index (χ0) is 13.1. The monoisotopic (exact) mass is 258 g/mol. The molecule has 0 saturated heterocycles. The number of aromatic nitrogens is 2. The molecule has 1 aromatic rings. The standard InChI is InChI=1S/C11H18N2O3S/c1-5-7(9(14)15)17-6-8-12-10(16-13-8)11(2,3)4/h7H,5-6H2,1-4H3,(H,14,15). The van der Waals surface area contributed by atoms with Gasteiger partial charge >= 0.3 is 5.97 Å². The van der Waals surface area contributed by atoms with Crippen LogP contribution in [0.1, 0.15) is 45.8 Å². The second kappa shape index (κ2) is 5.53. The normalized spacial score (nSPS) is 13.6. The van der Waals surface area contributed by atoms with Crippen molar-refractivity contribution in [3.8, 4) is 0 Å². The molecule has 0 spiro atoms. The van der Waals surface area contributed by atoms with Crippen molar-refractivity contribution in [2.45, 2.75) is 50.5 Å². The lowest BCUT2D eigenvalue weighted by atomic mass is 9.97. The highest BCUT2D eigenvalue weighted by Crippen LogP contribution is 2.23. The lowest BCUT2D eigenvalue weighted by Crippen LogP contribution is -2.15. The number of aliphatic carboxylic acids is 1. The lowest BCUT2D eigenvalue weighted by Gasteiger charge is -2.10. The zero-order valence-corrected chi connectivity index (χ0v) is 11.4. The van der Waals surface area contributed by atoms with Crippen LogP contribution >= 0.6 is 11.8 Å². The van der Waals surface area contributed by atoms with Gasteiger partial charge in [0, 0.05) is 5.41 Å². The fraction of sp³-hybridized carbons (Fsp3) is 0.727. The molecule has 1 aromatic heterocycles. The van der Waals surface area contributed by atoms with Crippen molar-refractivity contribution in [3.63, 3.8) is 0 Å². The van der Waals surface area contributed by atoms with Crippen molar-refractivity contribution in [2.24, 2.45) is 0 Å². The molecule has 0 aliphatic carbocycles. The topological polar surface area (TPSA) is 76.2 Å². The predicted octanol–water partition coefficient (Wildman–Crippen LogP) is 2.46. The molecule has 0 fully saturated rings. The number of thioether (sulfide) groups is 1. The molecular weight excluding hydrogens is 240 g/mol. The van der Waals surface area contributed by atoms with Crippen molar-refractivity contribution in [1.82, 2.24) is 10.1 Å². The van der Waals surface area contributed by atoms with Crippen LogP contribution in [0.5, 0.6) is 0 Å². The molecule has 1 heterocycles. The second-order valence-corrected chi connectivity index (χ2v) is 6.00. The molecule has 1 rings (SSSR count). The largest absolute Gasteiger partial charge is 0.480 e. The Morgan fingerprint density at radius 3 is 2.59 bits per heavy atom.